The van der Waals surface area contributed by atoms with Gasteiger partial charge in [-0.1, -0.05) is 80.9 Å². The van der Waals surface area contributed by atoms with Gasteiger partial charge in [-0.2, -0.15) is 0 Å². The highest BCUT2D eigenvalue weighted by Crippen LogP contribution is 2.25. The van der Waals surface area contributed by atoms with Crippen LogP contribution in [0.4, 0.5) is 5.69 Å². The highest BCUT2D eigenvalue weighted by atomic mass is 35.5. The molecule has 0 bridgehead atoms. The summed E-state index contributed by atoms with van der Waals surface area (Å²) in [4.78, 5) is 28.6. The van der Waals surface area contributed by atoms with E-state index in [1.165, 1.54) is 29.2 Å². The third kappa shape index (κ3) is 7.58. The van der Waals surface area contributed by atoms with Gasteiger partial charge in [-0.15, -0.1) is 0 Å². The Morgan fingerprint density at radius 2 is 1.47 bits per heavy atom. The molecule has 0 spiro atoms. The number of nitrogens with one attached hydrogen (secondary N) is 1. The lowest BCUT2D eigenvalue weighted by Crippen LogP contribution is -2.52. The first-order chi connectivity index (χ1) is 18.1. The summed E-state index contributed by atoms with van der Waals surface area (Å²) >= 11 is 5.98. The highest BCUT2D eigenvalue weighted by molar-refractivity contribution is 7.92. The number of amides is 2. The first-order valence-corrected chi connectivity index (χ1v) is 14.4. The van der Waals surface area contributed by atoms with Crippen LogP contribution in [-0.4, -0.2) is 44.3 Å². The molecule has 1 unspecified atom stereocenters. The van der Waals surface area contributed by atoms with Gasteiger partial charge in [0.05, 0.1) is 10.6 Å². The summed E-state index contributed by atoms with van der Waals surface area (Å²) in [6.07, 6.45) is 0.373. The van der Waals surface area contributed by atoms with Gasteiger partial charge < -0.3 is 10.2 Å². The number of rotatable bonds is 12. The predicted octanol–water partition coefficient (Wildman–Crippen LogP) is 5.11. The molecule has 0 heterocycles. The van der Waals surface area contributed by atoms with E-state index in [0.29, 0.717) is 23.7 Å². The maximum atomic E-state index is 13.9. The Balaban J connectivity index is 2.00. The molecule has 0 aliphatic carbocycles. The molecular formula is C29H34ClN3O4S. The second kappa shape index (κ2) is 13.4. The number of benzene rings is 3. The van der Waals surface area contributed by atoms with Gasteiger partial charge in [0, 0.05) is 18.1 Å². The number of hydrogen-bond acceptors (Lipinski definition) is 4. The summed E-state index contributed by atoms with van der Waals surface area (Å²) in [5.74, 6) is -0.507. The number of carbonyl (C=O) groups is 2. The fourth-order valence-corrected chi connectivity index (χ4v) is 5.52. The van der Waals surface area contributed by atoms with Gasteiger partial charge in [-0.05, 0) is 54.3 Å². The van der Waals surface area contributed by atoms with Gasteiger partial charge >= 0.3 is 0 Å². The molecule has 3 aromatic rings. The minimum Gasteiger partial charge on any atom is -0.354 e. The van der Waals surface area contributed by atoms with E-state index in [2.05, 4.69) is 5.32 Å². The van der Waals surface area contributed by atoms with Crippen LogP contribution in [0.1, 0.15) is 32.8 Å². The molecule has 1 atom stereocenters. The Morgan fingerprint density at radius 3 is 2.03 bits per heavy atom. The van der Waals surface area contributed by atoms with Crippen LogP contribution in [0.25, 0.3) is 0 Å². The lowest BCUT2D eigenvalue weighted by atomic mass is 10.1. The Hall–Kier alpha value is -3.36. The summed E-state index contributed by atoms with van der Waals surface area (Å²) in [6.45, 7) is 5.99. The molecule has 38 heavy (non-hydrogen) atoms. The molecule has 0 radical (unpaired) electrons. The minimum atomic E-state index is -4.12. The molecule has 0 aliphatic heterocycles. The summed E-state index contributed by atoms with van der Waals surface area (Å²) < 4.78 is 28.6. The molecule has 0 saturated carbocycles. The maximum Gasteiger partial charge on any atom is 0.264 e. The van der Waals surface area contributed by atoms with Crippen molar-refractivity contribution in [3.8, 4) is 0 Å². The van der Waals surface area contributed by atoms with E-state index in [9.17, 15) is 18.0 Å². The number of nitrogens with zero attached hydrogens (tertiary/aromatic N) is 2. The van der Waals surface area contributed by atoms with E-state index in [4.69, 9.17) is 11.6 Å². The van der Waals surface area contributed by atoms with Crippen molar-refractivity contribution in [2.45, 2.75) is 44.7 Å². The molecule has 1 N–H and O–H groups in total. The molecule has 9 heteroatoms. The van der Waals surface area contributed by atoms with Gasteiger partial charge in [0.2, 0.25) is 11.8 Å². The molecule has 2 amide bonds. The number of anilines is 1. The molecular weight excluding hydrogens is 522 g/mol. The van der Waals surface area contributed by atoms with Gasteiger partial charge in [0.1, 0.15) is 12.6 Å². The van der Waals surface area contributed by atoms with E-state index in [-0.39, 0.29) is 23.3 Å². The smallest absolute Gasteiger partial charge is 0.264 e. The molecule has 0 saturated heterocycles. The van der Waals surface area contributed by atoms with Gasteiger partial charge in [-0.25, -0.2) is 8.42 Å². The van der Waals surface area contributed by atoms with Crippen LogP contribution in [-0.2, 0) is 26.2 Å². The van der Waals surface area contributed by atoms with E-state index in [0.717, 1.165) is 9.87 Å². The van der Waals surface area contributed by atoms with Crippen molar-refractivity contribution in [3.05, 3.63) is 95.5 Å². The molecule has 202 valence electrons. The van der Waals surface area contributed by atoms with E-state index < -0.39 is 28.5 Å². The zero-order chi connectivity index (χ0) is 27.7. The standard InChI is InChI=1S/C29H34ClN3O4S/c1-4-27(29(35)31-19-22(2)3)32(20-23-11-7-5-8-12-23)28(34)21-33(25-13-9-6-10-14-25)38(36,37)26-17-15-24(30)16-18-26/h5-18,22,27H,4,19-21H2,1-3H3,(H,31,35). The zero-order valence-corrected chi connectivity index (χ0v) is 23.5. The first kappa shape index (κ1) is 29.2. The van der Waals surface area contributed by atoms with Crippen LogP contribution >= 0.6 is 11.6 Å². The number of carbonyl (C=O) groups excluding carboxylic acids is 2. The minimum absolute atomic E-state index is 0.00915. The largest absolute Gasteiger partial charge is 0.354 e. The van der Waals surface area contributed by atoms with Crippen molar-refractivity contribution < 1.29 is 18.0 Å². The predicted molar refractivity (Wildman–Crippen MR) is 151 cm³/mol. The molecule has 0 aromatic heterocycles. The van der Waals surface area contributed by atoms with E-state index in [1.54, 1.807) is 30.3 Å². The number of sulfonamides is 1. The molecule has 3 rings (SSSR count). The zero-order valence-electron chi connectivity index (χ0n) is 21.9. The van der Waals surface area contributed by atoms with Crippen molar-refractivity contribution in [3.63, 3.8) is 0 Å². The van der Waals surface area contributed by atoms with E-state index >= 15 is 0 Å². The van der Waals surface area contributed by atoms with Crippen molar-refractivity contribution in [2.75, 3.05) is 17.4 Å². The molecule has 0 aliphatic rings. The average Bonchev–Trinajstić information content (AvgIpc) is 2.91. The van der Waals surface area contributed by atoms with Crippen LogP contribution in [0.5, 0.6) is 0 Å². The third-order valence-corrected chi connectivity index (χ3v) is 8.03. The lowest BCUT2D eigenvalue weighted by Gasteiger charge is -2.33. The van der Waals surface area contributed by atoms with Crippen LogP contribution < -0.4 is 9.62 Å². The Morgan fingerprint density at radius 1 is 0.895 bits per heavy atom. The quantitative estimate of drug-likeness (QED) is 0.336. The fraction of sp³-hybridized carbons (Fsp3) is 0.310. The molecule has 0 fully saturated rings. The highest BCUT2D eigenvalue weighted by Gasteiger charge is 2.33. The molecule has 3 aromatic carbocycles. The van der Waals surface area contributed by atoms with Crippen LogP contribution in [0.15, 0.2) is 89.8 Å². The summed E-state index contributed by atoms with van der Waals surface area (Å²) in [5.41, 5.74) is 1.18. The number of hydrogen-bond donors (Lipinski definition) is 1. The number of halogens is 1. The average molecular weight is 556 g/mol. The monoisotopic (exact) mass is 555 g/mol. The lowest BCUT2D eigenvalue weighted by molar-refractivity contribution is -0.140. The van der Waals surface area contributed by atoms with Gasteiger partial charge in [-0.3, -0.25) is 13.9 Å². The first-order valence-electron chi connectivity index (χ1n) is 12.6. The fourth-order valence-electron chi connectivity index (χ4n) is 3.98. The SMILES string of the molecule is CCC(C(=O)NCC(C)C)N(Cc1ccccc1)C(=O)CN(c1ccccc1)S(=O)(=O)c1ccc(Cl)cc1. The van der Waals surface area contributed by atoms with Crippen molar-refractivity contribution in [1.29, 1.82) is 0 Å². The Labute approximate surface area is 230 Å². The van der Waals surface area contributed by atoms with Crippen molar-refractivity contribution >= 4 is 39.1 Å². The topological polar surface area (TPSA) is 86.8 Å². The van der Waals surface area contributed by atoms with Gasteiger partial charge in [0.15, 0.2) is 0 Å². The van der Waals surface area contributed by atoms with Crippen molar-refractivity contribution in [2.24, 2.45) is 5.92 Å². The van der Waals surface area contributed by atoms with E-state index in [1.807, 2.05) is 51.1 Å². The summed E-state index contributed by atoms with van der Waals surface area (Å²) in [7, 11) is -4.12. The van der Waals surface area contributed by atoms with Gasteiger partial charge in [0.25, 0.3) is 10.0 Å². The summed E-state index contributed by atoms with van der Waals surface area (Å²) in [6, 6.07) is 22.8. The number of para-hydroxylation sites is 1. The Bertz CT molecular complexity index is 1300. The molecule has 7 nitrogen and oxygen atoms in total. The second-order valence-corrected chi connectivity index (χ2v) is 11.7. The van der Waals surface area contributed by atoms with Crippen LogP contribution in [0, 0.1) is 5.92 Å². The Kier molecular flexibility index (Phi) is 10.3. The van der Waals surface area contributed by atoms with Crippen LogP contribution in [0.2, 0.25) is 5.02 Å². The normalized spacial score (nSPS) is 12.1. The van der Waals surface area contributed by atoms with Crippen LogP contribution in [0.3, 0.4) is 0 Å². The summed E-state index contributed by atoms with van der Waals surface area (Å²) in [5, 5.41) is 3.32. The van der Waals surface area contributed by atoms with Crippen molar-refractivity contribution in [1.82, 2.24) is 10.2 Å². The third-order valence-electron chi connectivity index (χ3n) is 5.99. The maximum absolute atomic E-state index is 13.9. The second-order valence-electron chi connectivity index (χ2n) is 9.37.